The molecule has 0 spiro atoms. The largest absolute Gasteiger partial charge is 0.385 e. The number of nitrogens with one attached hydrogen (secondary N) is 1. The van der Waals surface area contributed by atoms with Crippen molar-refractivity contribution in [3.63, 3.8) is 0 Å². The number of methoxy groups -OCH3 is 1. The average molecular weight is 311 g/mol. The topological polar surface area (TPSA) is 84.7 Å². The molecule has 1 heterocycles. The third-order valence-corrected chi connectivity index (χ3v) is 2.85. The number of amides is 2. The van der Waals surface area contributed by atoms with Crippen LogP contribution in [0, 0.1) is 5.41 Å². The third-order valence-electron chi connectivity index (χ3n) is 2.85. The predicted octanol–water partition coefficient (Wildman–Crippen LogP) is 1.91. The zero-order valence-electron chi connectivity index (χ0n) is 13.7. The average Bonchev–Trinajstić information content (AvgIpc) is 2.88. The second-order valence-electron chi connectivity index (χ2n) is 6.33. The molecule has 7 heteroatoms. The molecule has 1 aromatic heterocycles. The maximum atomic E-state index is 12.4. The van der Waals surface area contributed by atoms with E-state index >= 15 is 0 Å². The number of carbonyl (C=O) groups excluding carboxylic acids is 2. The van der Waals surface area contributed by atoms with Gasteiger partial charge in [-0.2, -0.15) is 0 Å². The van der Waals surface area contributed by atoms with Crippen molar-refractivity contribution in [1.29, 1.82) is 0 Å². The molecule has 0 saturated heterocycles. The maximum Gasteiger partial charge on any atom is 0.245 e. The fourth-order valence-corrected chi connectivity index (χ4v) is 1.89. The van der Waals surface area contributed by atoms with E-state index in [9.17, 15) is 9.59 Å². The van der Waals surface area contributed by atoms with Gasteiger partial charge in [0.15, 0.2) is 5.82 Å². The van der Waals surface area contributed by atoms with E-state index in [4.69, 9.17) is 4.74 Å². The quantitative estimate of drug-likeness (QED) is 0.741. The van der Waals surface area contributed by atoms with Crippen molar-refractivity contribution in [2.75, 3.05) is 32.1 Å². The molecule has 0 atom stereocenters. The minimum Gasteiger partial charge on any atom is -0.385 e. The van der Waals surface area contributed by atoms with E-state index in [0.717, 1.165) is 0 Å². The fourth-order valence-electron chi connectivity index (χ4n) is 1.89. The number of rotatable bonds is 8. The summed E-state index contributed by atoms with van der Waals surface area (Å²) in [6.45, 7) is 7.00. The number of hydrogen-bond acceptors (Lipinski definition) is 5. The normalized spacial score (nSPS) is 11.3. The Hall–Kier alpha value is -1.89. The SMILES string of the molecule is COCCCN(CC(=O)Nc1ccon1)C(=O)CC(C)(C)C. The molecule has 0 unspecified atom stereocenters. The van der Waals surface area contributed by atoms with E-state index in [1.807, 2.05) is 20.8 Å². The number of nitrogens with zero attached hydrogens (tertiary/aromatic N) is 2. The smallest absolute Gasteiger partial charge is 0.245 e. The zero-order valence-corrected chi connectivity index (χ0v) is 13.7. The predicted molar refractivity (Wildman–Crippen MR) is 82.3 cm³/mol. The van der Waals surface area contributed by atoms with Crippen molar-refractivity contribution in [3.05, 3.63) is 12.3 Å². The maximum absolute atomic E-state index is 12.4. The second-order valence-corrected chi connectivity index (χ2v) is 6.33. The molecule has 0 aliphatic rings. The van der Waals surface area contributed by atoms with Crippen LogP contribution in [0.15, 0.2) is 16.9 Å². The molecule has 1 N–H and O–H groups in total. The number of anilines is 1. The standard InChI is InChI=1S/C15H25N3O4/c1-15(2,3)10-14(20)18(7-5-8-21-4)11-13(19)16-12-6-9-22-17-12/h6,9H,5,7-8,10-11H2,1-4H3,(H,16,17,19). The third kappa shape index (κ3) is 7.21. The lowest BCUT2D eigenvalue weighted by molar-refractivity contribution is -0.136. The van der Waals surface area contributed by atoms with E-state index in [0.29, 0.717) is 31.8 Å². The van der Waals surface area contributed by atoms with Crippen LogP contribution >= 0.6 is 0 Å². The molecule has 1 aromatic rings. The molecular weight excluding hydrogens is 286 g/mol. The lowest BCUT2D eigenvalue weighted by atomic mass is 9.91. The Morgan fingerprint density at radius 2 is 2.14 bits per heavy atom. The van der Waals surface area contributed by atoms with Crippen LogP contribution in [0.1, 0.15) is 33.6 Å². The molecule has 0 saturated carbocycles. The van der Waals surface area contributed by atoms with Gasteiger partial charge in [0.05, 0.1) is 6.54 Å². The van der Waals surface area contributed by atoms with Gasteiger partial charge in [0.2, 0.25) is 11.8 Å². The summed E-state index contributed by atoms with van der Waals surface area (Å²) in [7, 11) is 1.61. The van der Waals surface area contributed by atoms with Crippen molar-refractivity contribution >= 4 is 17.6 Å². The Bertz CT molecular complexity index is 466. The summed E-state index contributed by atoms with van der Waals surface area (Å²) in [4.78, 5) is 25.9. The highest BCUT2D eigenvalue weighted by Crippen LogP contribution is 2.20. The highest BCUT2D eigenvalue weighted by atomic mass is 16.5. The van der Waals surface area contributed by atoms with Gasteiger partial charge in [0.1, 0.15) is 6.26 Å². The molecule has 2 amide bonds. The number of aromatic nitrogens is 1. The van der Waals surface area contributed by atoms with E-state index in [1.54, 1.807) is 18.1 Å². The summed E-state index contributed by atoms with van der Waals surface area (Å²) < 4.78 is 9.65. The molecule has 124 valence electrons. The molecule has 22 heavy (non-hydrogen) atoms. The van der Waals surface area contributed by atoms with Gasteiger partial charge >= 0.3 is 0 Å². The lowest BCUT2D eigenvalue weighted by Gasteiger charge is -2.26. The summed E-state index contributed by atoms with van der Waals surface area (Å²) in [5.74, 6) is -0.00223. The number of carbonyl (C=O) groups is 2. The van der Waals surface area contributed by atoms with Crippen LogP contribution < -0.4 is 5.32 Å². The van der Waals surface area contributed by atoms with Crippen LogP contribution in [0.3, 0.4) is 0 Å². The number of ether oxygens (including phenoxy) is 1. The molecule has 0 aliphatic heterocycles. The first kappa shape index (κ1) is 18.2. The van der Waals surface area contributed by atoms with Crippen LogP contribution in [-0.2, 0) is 14.3 Å². The van der Waals surface area contributed by atoms with Gasteiger partial charge in [-0.25, -0.2) is 0 Å². The van der Waals surface area contributed by atoms with Crippen molar-refractivity contribution < 1.29 is 18.8 Å². The first-order chi connectivity index (χ1) is 10.3. The summed E-state index contributed by atoms with van der Waals surface area (Å²) in [5, 5.41) is 6.20. The first-order valence-corrected chi connectivity index (χ1v) is 7.29. The monoisotopic (exact) mass is 311 g/mol. The molecule has 7 nitrogen and oxygen atoms in total. The van der Waals surface area contributed by atoms with Gasteiger partial charge < -0.3 is 19.5 Å². The van der Waals surface area contributed by atoms with E-state index in [2.05, 4.69) is 15.0 Å². The Morgan fingerprint density at radius 1 is 1.41 bits per heavy atom. The molecule has 0 aromatic carbocycles. The minimum atomic E-state index is -0.298. The Labute approximate surface area is 131 Å². The van der Waals surface area contributed by atoms with Crippen molar-refractivity contribution in [1.82, 2.24) is 10.1 Å². The molecule has 0 fully saturated rings. The minimum absolute atomic E-state index is 0.00844. The molecule has 0 aliphatic carbocycles. The van der Waals surface area contributed by atoms with Gasteiger partial charge in [0.25, 0.3) is 0 Å². The fraction of sp³-hybridized carbons (Fsp3) is 0.667. The molecule has 0 bridgehead atoms. The van der Waals surface area contributed by atoms with Crippen LogP contribution in [0.2, 0.25) is 0 Å². The Morgan fingerprint density at radius 3 is 2.68 bits per heavy atom. The molecule has 1 rings (SSSR count). The highest BCUT2D eigenvalue weighted by molar-refractivity contribution is 5.93. The van der Waals surface area contributed by atoms with Gasteiger partial charge in [0, 0.05) is 32.7 Å². The summed E-state index contributed by atoms with van der Waals surface area (Å²) in [5.41, 5.74) is -0.126. The second kappa shape index (κ2) is 8.53. The Balaban J connectivity index is 2.59. The van der Waals surface area contributed by atoms with Crippen LogP contribution in [0.4, 0.5) is 5.82 Å². The van der Waals surface area contributed by atoms with Gasteiger partial charge in [-0.3, -0.25) is 9.59 Å². The van der Waals surface area contributed by atoms with Crippen LogP contribution in [-0.4, -0.2) is 48.7 Å². The van der Waals surface area contributed by atoms with Crippen molar-refractivity contribution in [2.45, 2.75) is 33.6 Å². The van der Waals surface area contributed by atoms with Gasteiger partial charge in [-0.1, -0.05) is 25.9 Å². The molecular formula is C15H25N3O4. The van der Waals surface area contributed by atoms with Gasteiger partial charge in [-0.05, 0) is 11.8 Å². The van der Waals surface area contributed by atoms with Crippen LogP contribution in [0.5, 0.6) is 0 Å². The first-order valence-electron chi connectivity index (χ1n) is 7.29. The molecule has 0 radical (unpaired) electrons. The lowest BCUT2D eigenvalue weighted by Crippen LogP contribution is -2.40. The summed E-state index contributed by atoms with van der Waals surface area (Å²) >= 11 is 0. The van der Waals surface area contributed by atoms with E-state index in [1.165, 1.54) is 6.26 Å². The van der Waals surface area contributed by atoms with Crippen LogP contribution in [0.25, 0.3) is 0 Å². The van der Waals surface area contributed by atoms with Crippen molar-refractivity contribution in [2.24, 2.45) is 5.41 Å². The zero-order chi connectivity index (χ0) is 16.6. The summed E-state index contributed by atoms with van der Waals surface area (Å²) in [6.07, 6.45) is 2.44. The summed E-state index contributed by atoms with van der Waals surface area (Å²) in [6, 6.07) is 1.55. The van der Waals surface area contributed by atoms with E-state index < -0.39 is 0 Å². The Kier molecular flexibility index (Phi) is 7.04. The van der Waals surface area contributed by atoms with Gasteiger partial charge in [-0.15, -0.1) is 0 Å². The van der Waals surface area contributed by atoms with Crippen molar-refractivity contribution in [3.8, 4) is 0 Å². The van der Waals surface area contributed by atoms with E-state index in [-0.39, 0.29) is 23.8 Å². The highest BCUT2D eigenvalue weighted by Gasteiger charge is 2.23. The number of hydrogen-bond donors (Lipinski definition) is 1.